The number of rotatable bonds is 6. The molecular weight excluding hydrogens is 414 g/mol. The van der Waals surface area contributed by atoms with Crippen LogP contribution in [-0.4, -0.2) is 41.6 Å². The molecule has 0 N–H and O–H groups in total. The first-order valence-corrected chi connectivity index (χ1v) is 11.4. The summed E-state index contributed by atoms with van der Waals surface area (Å²) >= 11 is 0. The number of nitrogens with zero attached hydrogens (tertiary/aromatic N) is 5. The maximum Gasteiger partial charge on any atom is 0.228 e. The summed E-state index contributed by atoms with van der Waals surface area (Å²) in [6, 6.07) is 17.6. The molecule has 2 aliphatic rings. The fourth-order valence-corrected chi connectivity index (χ4v) is 4.48. The topological polar surface area (TPSA) is 74.5 Å². The van der Waals surface area contributed by atoms with Crippen LogP contribution >= 0.6 is 0 Å². The van der Waals surface area contributed by atoms with E-state index in [4.69, 9.17) is 19.4 Å². The summed E-state index contributed by atoms with van der Waals surface area (Å²) in [5.74, 6) is 2.82. The van der Waals surface area contributed by atoms with Gasteiger partial charge in [-0.25, -0.2) is 4.98 Å². The predicted octanol–water partition coefficient (Wildman–Crippen LogP) is 4.31. The Morgan fingerprint density at radius 2 is 1.82 bits per heavy atom. The SMILES string of the molecule is COc1cccc(Oc2nc(N3CCCC3)nc3c2CN(Cc2cccc(C#N)c2)CC3)c1. The summed E-state index contributed by atoms with van der Waals surface area (Å²) < 4.78 is 11.7. The number of aromatic nitrogens is 2. The summed E-state index contributed by atoms with van der Waals surface area (Å²) in [6.07, 6.45) is 3.18. The number of nitriles is 1. The van der Waals surface area contributed by atoms with Gasteiger partial charge in [-0.3, -0.25) is 4.90 Å². The Kier molecular flexibility index (Phi) is 6.09. The molecule has 3 heterocycles. The molecule has 2 aromatic carbocycles. The van der Waals surface area contributed by atoms with Gasteiger partial charge in [0.25, 0.3) is 0 Å². The zero-order valence-corrected chi connectivity index (χ0v) is 18.8. The van der Waals surface area contributed by atoms with Gasteiger partial charge in [0.15, 0.2) is 0 Å². The third kappa shape index (κ3) is 4.76. The van der Waals surface area contributed by atoms with E-state index >= 15 is 0 Å². The van der Waals surface area contributed by atoms with Crippen LogP contribution in [0.25, 0.3) is 0 Å². The molecule has 0 radical (unpaired) electrons. The monoisotopic (exact) mass is 441 g/mol. The molecule has 0 bridgehead atoms. The fourth-order valence-electron chi connectivity index (χ4n) is 4.48. The van der Waals surface area contributed by atoms with Crippen molar-refractivity contribution in [3.63, 3.8) is 0 Å². The van der Waals surface area contributed by atoms with Crippen molar-refractivity contribution in [2.45, 2.75) is 32.4 Å². The maximum absolute atomic E-state index is 9.22. The molecule has 0 atom stereocenters. The van der Waals surface area contributed by atoms with Gasteiger partial charge in [0, 0.05) is 45.2 Å². The second-order valence-electron chi connectivity index (χ2n) is 8.50. The van der Waals surface area contributed by atoms with Crippen LogP contribution in [0.15, 0.2) is 48.5 Å². The highest BCUT2D eigenvalue weighted by molar-refractivity contribution is 5.45. The molecule has 33 heavy (non-hydrogen) atoms. The number of hydrogen-bond acceptors (Lipinski definition) is 7. The first-order chi connectivity index (χ1) is 16.2. The molecule has 0 saturated carbocycles. The molecule has 1 fully saturated rings. The van der Waals surface area contributed by atoms with Gasteiger partial charge in [-0.2, -0.15) is 10.2 Å². The van der Waals surface area contributed by atoms with Gasteiger partial charge in [0.1, 0.15) is 11.5 Å². The number of hydrogen-bond donors (Lipinski definition) is 0. The molecule has 168 valence electrons. The van der Waals surface area contributed by atoms with Crippen molar-refractivity contribution in [2.75, 3.05) is 31.6 Å². The maximum atomic E-state index is 9.22. The lowest BCUT2D eigenvalue weighted by molar-refractivity contribution is 0.238. The van der Waals surface area contributed by atoms with E-state index in [1.807, 2.05) is 42.5 Å². The molecule has 3 aromatic rings. The average Bonchev–Trinajstić information content (AvgIpc) is 3.39. The third-order valence-electron chi connectivity index (χ3n) is 6.20. The highest BCUT2D eigenvalue weighted by Gasteiger charge is 2.26. The third-order valence-corrected chi connectivity index (χ3v) is 6.20. The fraction of sp³-hybridized carbons (Fsp3) is 0.346. The van der Waals surface area contributed by atoms with Gasteiger partial charge >= 0.3 is 0 Å². The number of methoxy groups -OCH3 is 1. The Morgan fingerprint density at radius 3 is 2.64 bits per heavy atom. The van der Waals surface area contributed by atoms with Crippen LogP contribution in [0.2, 0.25) is 0 Å². The number of fused-ring (bicyclic) bond motifs is 1. The average molecular weight is 442 g/mol. The summed E-state index contributed by atoms with van der Waals surface area (Å²) in [6.45, 7) is 4.34. The second-order valence-corrected chi connectivity index (χ2v) is 8.50. The molecule has 0 amide bonds. The van der Waals surface area contributed by atoms with Crippen LogP contribution in [0.5, 0.6) is 17.4 Å². The van der Waals surface area contributed by atoms with E-state index in [1.54, 1.807) is 7.11 Å². The van der Waals surface area contributed by atoms with Crippen molar-refractivity contribution in [1.29, 1.82) is 5.26 Å². The molecule has 5 rings (SSSR count). The highest BCUT2D eigenvalue weighted by atomic mass is 16.5. The first kappa shape index (κ1) is 21.2. The van der Waals surface area contributed by atoms with Gasteiger partial charge in [0.05, 0.1) is 30.0 Å². The Hall–Kier alpha value is -3.63. The van der Waals surface area contributed by atoms with Gasteiger partial charge in [0.2, 0.25) is 11.8 Å². The lowest BCUT2D eigenvalue weighted by Gasteiger charge is -2.30. The van der Waals surface area contributed by atoms with Crippen molar-refractivity contribution in [3.05, 3.63) is 70.9 Å². The van der Waals surface area contributed by atoms with Gasteiger partial charge in [-0.1, -0.05) is 18.2 Å². The van der Waals surface area contributed by atoms with Gasteiger partial charge in [-0.05, 0) is 42.7 Å². The molecule has 2 aliphatic heterocycles. The molecular formula is C26H27N5O2. The van der Waals surface area contributed by atoms with Crippen LogP contribution in [0.4, 0.5) is 5.95 Å². The van der Waals surface area contributed by atoms with Crippen molar-refractivity contribution in [2.24, 2.45) is 0 Å². The minimum absolute atomic E-state index is 0.616. The van der Waals surface area contributed by atoms with Crippen LogP contribution < -0.4 is 14.4 Å². The van der Waals surface area contributed by atoms with E-state index in [0.29, 0.717) is 23.7 Å². The molecule has 7 nitrogen and oxygen atoms in total. The normalized spacial score (nSPS) is 15.7. The minimum atomic E-state index is 0.616. The first-order valence-electron chi connectivity index (χ1n) is 11.4. The molecule has 7 heteroatoms. The standard InChI is InChI=1S/C26H27N5O2/c1-32-21-8-5-9-22(15-21)33-25-23-18-30(17-20-7-4-6-19(14-20)16-27)13-10-24(23)28-26(29-25)31-11-2-3-12-31/h4-9,14-15H,2-3,10-13,17-18H2,1H3. The molecule has 1 aromatic heterocycles. The van der Waals surface area contributed by atoms with Crippen LogP contribution in [-0.2, 0) is 19.5 Å². The quantitative estimate of drug-likeness (QED) is 0.564. The Balaban J connectivity index is 1.45. The van der Waals surface area contributed by atoms with Crippen molar-refractivity contribution < 1.29 is 9.47 Å². The lowest BCUT2D eigenvalue weighted by atomic mass is 10.0. The van der Waals surface area contributed by atoms with E-state index in [2.05, 4.69) is 21.9 Å². The Morgan fingerprint density at radius 1 is 1.00 bits per heavy atom. The number of anilines is 1. The van der Waals surface area contributed by atoms with Crippen LogP contribution in [0, 0.1) is 11.3 Å². The highest BCUT2D eigenvalue weighted by Crippen LogP contribution is 2.33. The van der Waals surface area contributed by atoms with E-state index < -0.39 is 0 Å². The van der Waals surface area contributed by atoms with Crippen molar-refractivity contribution in [3.8, 4) is 23.4 Å². The Bertz CT molecular complexity index is 1180. The van der Waals surface area contributed by atoms with E-state index in [9.17, 15) is 5.26 Å². The van der Waals surface area contributed by atoms with Gasteiger partial charge < -0.3 is 14.4 Å². The summed E-state index contributed by atoms with van der Waals surface area (Å²) in [5, 5.41) is 9.22. The van der Waals surface area contributed by atoms with E-state index in [1.165, 1.54) is 12.8 Å². The zero-order chi connectivity index (χ0) is 22.6. The number of ether oxygens (including phenoxy) is 2. The van der Waals surface area contributed by atoms with E-state index in [0.717, 1.165) is 61.1 Å². The van der Waals surface area contributed by atoms with Gasteiger partial charge in [-0.15, -0.1) is 0 Å². The largest absolute Gasteiger partial charge is 0.497 e. The molecule has 0 aliphatic carbocycles. The Labute approximate surface area is 194 Å². The van der Waals surface area contributed by atoms with Crippen molar-refractivity contribution >= 4 is 5.95 Å². The predicted molar refractivity (Wildman–Crippen MR) is 126 cm³/mol. The molecule has 1 saturated heterocycles. The molecule has 0 unspecified atom stereocenters. The van der Waals surface area contributed by atoms with Crippen LogP contribution in [0.1, 0.15) is 35.2 Å². The van der Waals surface area contributed by atoms with E-state index in [-0.39, 0.29) is 0 Å². The minimum Gasteiger partial charge on any atom is -0.497 e. The summed E-state index contributed by atoms with van der Waals surface area (Å²) in [5.41, 5.74) is 3.91. The summed E-state index contributed by atoms with van der Waals surface area (Å²) in [7, 11) is 1.65. The van der Waals surface area contributed by atoms with Crippen LogP contribution in [0.3, 0.4) is 0 Å². The summed E-state index contributed by atoms with van der Waals surface area (Å²) in [4.78, 5) is 14.4. The van der Waals surface area contributed by atoms with Crippen molar-refractivity contribution in [1.82, 2.24) is 14.9 Å². The number of benzene rings is 2. The lowest BCUT2D eigenvalue weighted by Crippen LogP contribution is -2.32. The molecule has 0 spiro atoms. The second kappa shape index (κ2) is 9.47. The smallest absolute Gasteiger partial charge is 0.228 e. The zero-order valence-electron chi connectivity index (χ0n) is 18.8.